The molecule has 0 aromatic heterocycles. The molecule has 0 aliphatic heterocycles. The van der Waals surface area contributed by atoms with Crippen molar-refractivity contribution in [3.8, 4) is 0 Å². The third-order valence-electron chi connectivity index (χ3n) is 0.582. The summed E-state index contributed by atoms with van der Waals surface area (Å²) in [6.07, 6.45) is 0.120. The second kappa shape index (κ2) is 8.05. The molecular formula is C6H9NO6. The Bertz CT molecular complexity index is 205. The SMILES string of the molecule is CNC(=O)O.O=C(O)/C=C/C(=O)O. The van der Waals surface area contributed by atoms with Crippen LogP contribution in [-0.2, 0) is 9.59 Å². The molecule has 0 aliphatic carbocycles. The number of rotatable bonds is 2. The van der Waals surface area contributed by atoms with E-state index in [0.29, 0.717) is 12.2 Å². The van der Waals surface area contributed by atoms with Crippen LogP contribution in [0.5, 0.6) is 0 Å². The van der Waals surface area contributed by atoms with Crippen molar-refractivity contribution >= 4 is 18.0 Å². The number of carboxylic acid groups (broad SMARTS) is 3. The smallest absolute Gasteiger partial charge is 0.404 e. The highest BCUT2D eigenvalue weighted by atomic mass is 16.4. The monoisotopic (exact) mass is 191 g/mol. The molecule has 0 aliphatic rings. The Balaban J connectivity index is 0. The Morgan fingerprint density at radius 2 is 1.23 bits per heavy atom. The fraction of sp³-hybridized carbons (Fsp3) is 0.167. The highest BCUT2D eigenvalue weighted by Gasteiger charge is 1.88. The lowest BCUT2D eigenvalue weighted by Crippen LogP contribution is -2.13. The summed E-state index contributed by atoms with van der Waals surface area (Å²) in [7, 11) is 1.35. The fourth-order valence-corrected chi connectivity index (χ4v) is 0.143. The van der Waals surface area contributed by atoms with Gasteiger partial charge in [-0.2, -0.15) is 0 Å². The third-order valence-corrected chi connectivity index (χ3v) is 0.582. The van der Waals surface area contributed by atoms with Crippen molar-refractivity contribution in [1.29, 1.82) is 0 Å². The average Bonchev–Trinajstić information content (AvgIpc) is 2.02. The topological polar surface area (TPSA) is 124 Å². The first-order chi connectivity index (χ1) is 5.90. The van der Waals surface area contributed by atoms with Gasteiger partial charge in [-0.05, 0) is 0 Å². The summed E-state index contributed by atoms with van der Waals surface area (Å²) in [6.45, 7) is 0. The van der Waals surface area contributed by atoms with Crippen molar-refractivity contribution in [2.45, 2.75) is 0 Å². The van der Waals surface area contributed by atoms with Gasteiger partial charge < -0.3 is 20.6 Å². The number of hydrogen-bond donors (Lipinski definition) is 4. The Morgan fingerprint density at radius 3 is 1.31 bits per heavy atom. The van der Waals surface area contributed by atoms with Gasteiger partial charge in [0.25, 0.3) is 0 Å². The van der Waals surface area contributed by atoms with Crippen LogP contribution >= 0.6 is 0 Å². The molecule has 0 bridgehead atoms. The van der Waals surface area contributed by atoms with Crippen LogP contribution in [0.15, 0.2) is 12.2 Å². The molecule has 74 valence electrons. The Morgan fingerprint density at radius 1 is 1.00 bits per heavy atom. The van der Waals surface area contributed by atoms with Gasteiger partial charge in [-0.3, -0.25) is 0 Å². The molecule has 0 atom stereocenters. The minimum absolute atomic E-state index is 0.558. The van der Waals surface area contributed by atoms with Crippen molar-refractivity contribution in [1.82, 2.24) is 5.32 Å². The van der Waals surface area contributed by atoms with E-state index in [2.05, 4.69) is 0 Å². The normalized spacial score (nSPS) is 8.38. The van der Waals surface area contributed by atoms with Crippen molar-refractivity contribution in [3.63, 3.8) is 0 Å². The molecule has 0 aromatic carbocycles. The molecule has 0 radical (unpaired) electrons. The van der Waals surface area contributed by atoms with E-state index in [4.69, 9.17) is 15.3 Å². The molecule has 0 heterocycles. The first-order valence-corrected chi connectivity index (χ1v) is 2.94. The van der Waals surface area contributed by atoms with Crippen molar-refractivity contribution in [3.05, 3.63) is 12.2 Å². The first kappa shape index (κ1) is 13.5. The van der Waals surface area contributed by atoms with E-state index in [1.54, 1.807) is 0 Å². The van der Waals surface area contributed by atoms with Gasteiger partial charge >= 0.3 is 18.0 Å². The van der Waals surface area contributed by atoms with Crippen LogP contribution < -0.4 is 5.32 Å². The molecule has 0 fully saturated rings. The van der Waals surface area contributed by atoms with Gasteiger partial charge in [0.15, 0.2) is 0 Å². The second-order valence-electron chi connectivity index (χ2n) is 1.56. The molecule has 13 heavy (non-hydrogen) atoms. The number of carbonyl (C=O) groups is 3. The van der Waals surface area contributed by atoms with Gasteiger partial charge in [0.2, 0.25) is 0 Å². The quantitative estimate of drug-likeness (QED) is 0.440. The van der Waals surface area contributed by atoms with E-state index < -0.39 is 18.0 Å². The van der Waals surface area contributed by atoms with Crippen LogP contribution in [0.3, 0.4) is 0 Å². The first-order valence-electron chi connectivity index (χ1n) is 2.94. The van der Waals surface area contributed by atoms with E-state index >= 15 is 0 Å². The molecule has 0 aromatic rings. The van der Waals surface area contributed by atoms with Crippen molar-refractivity contribution < 1.29 is 29.7 Å². The maximum absolute atomic E-state index is 9.55. The zero-order valence-electron chi connectivity index (χ0n) is 6.72. The number of carboxylic acids is 2. The lowest BCUT2D eigenvalue weighted by Gasteiger charge is -1.78. The highest BCUT2D eigenvalue weighted by molar-refractivity contribution is 5.89. The minimum Gasteiger partial charge on any atom is -0.478 e. The molecule has 0 spiro atoms. The van der Waals surface area contributed by atoms with Crippen LogP contribution in [0.1, 0.15) is 0 Å². The molecule has 0 rings (SSSR count). The Hall–Kier alpha value is -2.05. The largest absolute Gasteiger partial charge is 0.478 e. The minimum atomic E-state index is -1.26. The molecule has 0 saturated carbocycles. The fourth-order valence-electron chi connectivity index (χ4n) is 0.143. The number of amides is 1. The summed E-state index contributed by atoms with van der Waals surface area (Å²) in [6, 6.07) is 0. The second-order valence-corrected chi connectivity index (χ2v) is 1.56. The number of nitrogens with one attached hydrogen (secondary N) is 1. The predicted octanol–water partition coefficient (Wildman–Crippen LogP) is -0.404. The summed E-state index contributed by atoms with van der Waals surface area (Å²) in [4.78, 5) is 28.4. The van der Waals surface area contributed by atoms with Gasteiger partial charge in [0.05, 0.1) is 0 Å². The summed E-state index contributed by atoms with van der Waals surface area (Å²) >= 11 is 0. The molecule has 7 nitrogen and oxygen atoms in total. The maximum atomic E-state index is 9.55. The van der Waals surface area contributed by atoms with E-state index in [1.807, 2.05) is 5.32 Å². The van der Waals surface area contributed by atoms with Crippen LogP contribution in [-0.4, -0.2) is 40.4 Å². The maximum Gasteiger partial charge on any atom is 0.404 e. The summed E-state index contributed by atoms with van der Waals surface area (Å²) in [5, 5.41) is 25.2. The number of aliphatic carboxylic acids is 2. The lowest BCUT2D eigenvalue weighted by atomic mass is 10.5. The summed E-state index contributed by atoms with van der Waals surface area (Å²) in [5.74, 6) is -2.51. The lowest BCUT2D eigenvalue weighted by molar-refractivity contribution is -0.134. The van der Waals surface area contributed by atoms with Gasteiger partial charge in [-0.1, -0.05) is 0 Å². The van der Waals surface area contributed by atoms with E-state index in [-0.39, 0.29) is 0 Å². The van der Waals surface area contributed by atoms with Crippen molar-refractivity contribution in [2.75, 3.05) is 7.05 Å². The summed E-state index contributed by atoms with van der Waals surface area (Å²) < 4.78 is 0. The van der Waals surface area contributed by atoms with Crippen LogP contribution in [0.25, 0.3) is 0 Å². The zero-order chi connectivity index (χ0) is 10.9. The average molecular weight is 191 g/mol. The van der Waals surface area contributed by atoms with Crippen LogP contribution in [0.4, 0.5) is 4.79 Å². The highest BCUT2D eigenvalue weighted by Crippen LogP contribution is 1.70. The summed E-state index contributed by atoms with van der Waals surface area (Å²) in [5.41, 5.74) is 0. The molecule has 4 N–H and O–H groups in total. The van der Waals surface area contributed by atoms with Gasteiger partial charge in [-0.25, -0.2) is 14.4 Å². The molecule has 7 heteroatoms. The van der Waals surface area contributed by atoms with Crippen molar-refractivity contribution in [2.24, 2.45) is 0 Å². The molecule has 1 amide bonds. The van der Waals surface area contributed by atoms with Gasteiger partial charge in [0.1, 0.15) is 0 Å². The van der Waals surface area contributed by atoms with Crippen LogP contribution in [0.2, 0.25) is 0 Å². The molecule has 0 saturated heterocycles. The standard InChI is InChI=1S/C4H4O4.C2H5NO2/c5-3(6)1-2-4(7)8;1-3-2(4)5/h1-2H,(H,5,6)(H,7,8);3H,1H3,(H,4,5)/b2-1+;. The Labute approximate surface area is 73.3 Å². The van der Waals surface area contributed by atoms with E-state index in [9.17, 15) is 14.4 Å². The number of hydrogen-bond acceptors (Lipinski definition) is 3. The van der Waals surface area contributed by atoms with Gasteiger partial charge in [-0.15, -0.1) is 0 Å². The molecular weight excluding hydrogens is 182 g/mol. The third kappa shape index (κ3) is 25.7. The van der Waals surface area contributed by atoms with E-state index in [0.717, 1.165) is 0 Å². The predicted molar refractivity (Wildman–Crippen MR) is 41.5 cm³/mol. The zero-order valence-corrected chi connectivity index (χ0v) is 6.72. The van der Waals surface area contributed by atoms with E-state index in [1.165, 1.54) is 7.05 Å². The Kier molecular flexibility index (Phi) is 8.38. The van der Waals surface area contributed by atoms with Gasteiger partial charge in [0, 0.05) is 19.2 Å². The van der Waals surface area contributed by atoms with Crippen LogP contribution in [0, 0.1) is 0 Å². The molecule has 0 unspecified atom stereocenters.